The number of nitrogens with zero attached hydrogens (tertiary/aromatic N) is 1. The largest absolute Gasteiger partial charge is 0.445 e. The smallest absolute Gasteiger partial charge is 0.410 e. The van der Waals surface area contributed by atoms with Gasteiger partial charge in [-0.15, -0.1) is 0 Å². The maximum Gasteiger partial charge on any atom is 0.410 e. The number of rotatable bonds is 5. The van der Waals surface area contributed by atoms with E-state index in [1.54, 1.807) is 0 Å². The summed E-state index contributed by atoms with van der Waals surface area (Å²) in [6, 6.07) is 10.1. The molecule has 2 atom stereocenters. The molecule has 2 unspecified atom stereocenters. The molecule has 2 aliphatic heterocycles. The molecule has 4 rings (SSSR count). The van der Waals surface area contributed by atoms with E-state index in [0.717, 1.165) is 56.4 Å². The molecule has 1 aromatic rings. The van der Waals surface area contributed by atoms with Crippen molar-refractivity contribution >= 4 is 6.09 Å². The third-order valence-electron chi connectivity index (χ3n) is 7.25. The molecule has 0 aromatic heterocycles. The van der Waals surface area contributed by atoms with Crippen LogP contribution in [-0.4, -0.2) is 33.8 Å². The fourth-order valence-electron chi connectivity index (χ4n) is 5.77. The fourth-order valence-corrected chi connectivity index (χ4v) is 5.77. The van der Waals surface area contributed by atoms with E-state index in [4.69, 9.17) is 4.74 Å². The van der Waals surface area contributed by atoms with E-state index in [9.17, 15) is 9.90 Å². The summed E-state index contributed by atoms with van der Waals surface area (Å²) in [7, 11) is 0. The van der Waals surface area contributed by atoms with Gasteiger partial charge in [-0.1, -0.05) is 62.4 Å². The number of carbonyl (C=O) groups is 1. The van der Waals surface area contributed by atoms with Crippen LogP contribution in [0.25, 0.3) is 0 Å². The molecule has 154 valence electrons. The highest BCUT2D eigenvalue weighted by Crippen LogP contribution is 2.43. The van der Waals surface area contributed by atoms with Gasteiger partial charge in [0.25, 0.3) is 0 Å². The Labute approximate surface area is 169 Å². The molecule has 0 radical (unpaired) electrons. The maximum absolute atomic E-state index is 12.8. The molecule has 1 aliphatic carbocycles. The van der Waals surface area contributed by atoms with Gasteiger partial charge in [0.1, 0.15) is 6.61 Å². The van der Waals surface area contributed by atoms with Crippen LogP contribution in [0.3, 0.4) is 0 Å². The zero-order valence-electron chi connectivity index (χ0n) is 17.0. The van der Waals surface area contributed by atoms with Crippen LogP contribution < -0.4 is 0 Å². The Bertz CT molecular complexity index is 627. The highest BCUT2D eigenvalue weighted by molar-refractivity contribution is 5.69. The van der Waals surface area contributed by atoms with Crippen LogP contribution >= 0.6 is 0 Å². The summed E-state index contributed by atoms with van der Waals surface area (Å²) >= 11 is 0. The van der Waals surface area contributed by atoms with Crippen molar-refractivity contribution in [2.75, 3.05) is 0 Å². The Balaban J connectivity index is 1.34. The van der Waals surface area contributed by atoms with Crippen molar-refractivity contribution in [1.29, 1.82) is 0 Å². The molecule has 2 bridgehead atoms. The summed E-state index contributed by atoms with van der Waals surface area (Å²) in [5.74, 6) is 0.798. The van der Waals surface area contributed by atoms with E-state index in [2.05, 4.69) is 0 Å². The summed E-state index contributed by atoms with van der Waals surface area (Å²) in [5.41, 5.74) is 0.422. The molecule has 2 saturated heterocycles. The standard InChI is InChI=1S/C24H35NO3/c26-23(28-18-20-10-5-2-6-11-20)25-21-12-7-13-22(25)17-24(27,16-21)15-14-19-8-3-1-4-9-19/h2,5-6,10-11,19,21-22,27H,1,3-4,7-9,12-18H2. The fraction of sp³-hybridized carbons (Fsp3) is 0.708. The average Bonchev–Trinajstić information content (AvgIpc) is 2.71. The van der Waals surface area contributed by atoms with Crippen LogP contribution in [0.1, 0.15) is 82.6 Å². The normalized spacial score (nSPS) is 30.8. The van der Waals surface area contributed by atoms with Gasteiger partial charge in [0.2, 0.25) is 0 Å². The first-order valence-electron chi connectivity index (χ1n) is 11.3. The van der Waals surface area contributed by atoms with E-state index in [1.807, 2.05) is 35.2 Å². The molecule has 0 spiro atoms. The molecule has 3 aliphatic rings. The molecule has 4 heteroatoms. The monoisotopic (exact) mass is 385 g/mol. The van der Waals surface area contributed by atoms with Crippen LogP contribution in [0, 0.1) is 5.92 Å². The summed E-state index contributed by atoms with van der Waals surface area (Å²) in [5, 5.41) is 11.3. The maximum atomic E-state index is 12.8. The van der Waals surface area contributed by atoms with Gasteiger partial charge in [-0.2, -0.15) is 0 Å². The lowest BCUT2D eigenvalue weighted by molar-refractivity contribution is -0.0916. The van der Waals surface area contributed by atoms with E-state index in [0.29, 0.717) is 6.61 Å². The minimum Gasteiger partial charge on any atom is -0.445 e. The second kappa shape index (κ2) is 8.86. The first-order valence-corrected chi connectivity index (χ1v) is 11.3. The number of aliphatic hydroxyl groups is 1. The number of benzene rings is 1. The lowest BCUT2D eigenvalue weighted by Gasteiger charge is -2.51. The molecule has 1 saturated carbocycles. The quantitative estimate of drug-likeness (QED) is 0.735. The Morgan fingerprint density at radius 2 is 1.68 bits per heavy atom. The van der Waals surface area contributed by atoms with E-state index >= 15 is 0 Å². The number of carbonyl (C=O) groups excluding carboxylic acids is 1. The van der Waals surface area contributed by atoms with Crippen LogP contribution in [-0.2, 0) is 11.3 Å². The molecule has 3 fully saturated rings. The van der Waals surface area contributed by atoms with Crippen molar-refractivity contribution < 1.29 is 14.6 Å². The van der Waals surface area contributed by atoms with Gasteiger partial charge >= 0.3 is 6.09 Å². The lowest BCUT2D eigenvalue weighted by atomic mass is 9.72. The summed E-state index contributed by atoms with van der Waals surface area (Å²) in [4.78, 5) is 14.8. The number of hydrogen-bond acceptors (Lipinski definition) is 3. The van der Waals surface area contributed by atoms with Crippen molar-refractivity contribution in [3.05, 3.63) is 35.9 Å². The second-order valence-electron chi connectivity index (χ2n) is 9.36. The molecule has 1 aromatic carbocycles. The zero-order chi connectivity index (χ0) is 19.4. The number of amides is 1. The van der Waals surface area contributed by atoms with E-state index in [-0.39, 0.29) is 18.2 Å². The Morgan fingerprint density at radius 3 is 2.36 bits per heavy atom. The van der Waals surface area contributed by atoms with Crippen molar-refractivity contribution in [2.24, 2.45) is 5.92 Å². The highest BCUT2D eigenvalue weighted by Gasteiger charge is 2.47. The van der Waals surface area contributed by atoms with Gasteiger partial charge in [-0.05, 0) is 56.4 Å². The molecule has 1 N–H and O–H groups in total. The third-order valence-corrected chi connectivity index (χ3v) is 7.25. The molecule has 28 heavy (non-hydrogen) atoms. The molecular formula is C24H35NO3. The van der Waals surface area contributed by atoms with E-state index < -0.39 is 5.60 Å². The van der Waals surface area contributed by atoms with Crippen molar-refractivity contribution in [1.82, 2.24) is 4.90 Å². The van der Waals surface area contributed by atoms with Gasteiger partial charge in [-0.3, -0.25) is 0 Å². The molecule has 4 nitrogen and oxygen atoms in total. The predicted molar refractivity (Wildman–Crippen MR) is 110 cm³/mol. The topological polar surface area (TPSA) is 49.8 Å². The first kappa shape index (κ1) is 19.8. The van der Waals surface area contributed by atoms with Crippen LogP contribution in [0.15, 0.2) is 30.3 Å². The highest BCUT2D eigenvalue weighted by atomic mass is 16.6. The predicted octanol–water partition coefficient (Wildman–Crippen LogP) is 5.43. The summed E-state index contributed by atoms with van der Waals surface area (Å²) in [6.45, 7) is 0.321. The third kappa shape index (κ3) is 4.71. The minimum atomic E-state index is -0.594. The molecular weight excluding hydrogens is 350 g/mol. The second-order valence-corrected chi connectivity index (χ2v) is 9.36. The SMILES string of the molecule is O=C(OCc1ccccc1)N1C2CCCC1CC(O)(CCC1CCCCC1)C2. The van der Waals surface area contributed by atoms with Gasteiger partial charge < -0.3 is 14.7 Å². The van der Waals surface area contributed by atoms with Crippen molar-refractivity contribution in [2.45, 2.75) is 101 Å². The Kier molecular flexibility index (Phi) is 6.25. The zero-order valence-corrected chi connectivity index (χ0v) is 17.0. The van der Waals surface area contributed by atoms with E-state index in [1.165, 1.54) is 32.1 Å². The van der Waals surface area contributed by atoms with Gasteiger partial charge in [0.15, 0.2) is 0 Å². The van der Waals surface area contributed by atoms with Crippen LogP contribution in [0.4, 0.5) is 4.79 Å². The summed E-state index contributed by atoms with van der Waals surface area (Å²) in [6.07, 6.45) is 13.2. The molecule has 1 amide bonds. The van der Waals surface area contributed by atoms with Gasteiger partial charge in [-0.25, -0.2) is 4.79 Å². The number of piperidine rings is 2. The van der Waals surface area contributed by atoms with Gasteiger partial charge in [0.05, 0.1) is 5.60 Å². The van der Waals surface area contributed by atoms with Crippen LogP contribution in [0.5, 0.6) is 0 Å². The molecule has 2 heterocycles. The number of ether oxygens (including phenoxy) is 1. The van der Waals surface area contributed by atoms with Crippen molar-refractivity contribution in [3.8, 4) is 0 Å². The Morgan fingerprint density at radius 1 is 1.00 bits per heavy atom. The number of fused-ring (bicyclic) bond motifs is 2. The lowest BCUT2D eigenvalue weighted by Crippen LogP contribution is -2.59. The van der Waals surface area contributed by atoms with Gasteiger partial charge in [0, 0.05) is 12.1 Å². The number of hydrogen-bond donors (Lipinski definition) is 1. The summed E-state index contributed by atoms with van der Waals surface area (Å²) < 4.78 is 5.63. The Hall–Kier alpha value is -1.55. The first-order chi connectivity index (χ1) is 13.6. The van der Waals surface area contributed by atoms with Crippen LogP contribution in [0.2, 0.25) is 0 Å². The average molecular weight is 386 g/mol. The minimum absolute atomic E-state index is 0.132. The van der Waals surface area contributed by atoms with Crippen molar-refractivity contribution in [3.63, 3.8) is 0 Å².